The highest BCUT2D eigenvalue weighted by atomic mass is 35.5. The number of benzene rings is 1. The Morgan fingerprint density at radius 1 is 1.17 bits per heavy atom. The largest absolute Gasteiger partial charge is 0.461 e. The summed E-state index contributed by atoms with van der Waals surface area (Å²) in [5.41, 5.74) is 2.00. The van der Waals surface area contributed by atoms with Crippen molar-refractivity contribution in [2.75, 3.05) is 44.7 Å². The molecule has 3 aromatic rings. The molecule has 6 nitrogen and oxygen atoms in total. The number of ether oxygens (including phenoxy) is 1. The van der Waals surface area contributed by atoms with Crippen LogP contribution in [0.15, 0.2) is 30.3 Å². The van der Waals surface area contributed by atoms with Crippen molar-refractivity contribution in [2.45, 2.75) is 13.3 Å². The zero-order valence-electron chi connectivity index (χ0n) is 16.5. The van der Waals surface area contributed by atoms with Gasteiger partial charge in [0.25, 0.3) is 0 Å². The number of carbonyl (C=O) groups excluding carboxylic acids is 1. The van der Waals surface area contributed by atoms with Gasteiger partial charge >= 0.3 is 5.97 Å². The van der Waals surface area contributed by atoms with Crippen molar-refractivity contribution in [3.05, 3.63) is 51.6 Å². The zero-order chi connectivity index (χ0) is 20.4. The second kappa shape index (κ2) is 8.65. The van der Waals surface area contributed by atoms with Crippen LogP contribution in [0.25, 0.3) is 10.2 Å². The van der Waals surface area contributed by atoms with Crippen LogP contribution in [0.4, 0.5) is 5.82 Å². The van der Waals surface area contributed by atoms with Crippen molar-refractivity contribution in [2.24, 2.45) is 0 Å². The van der Waals surface area contributed by atoms with Gasteiger partial charge < -0.3 is 14.5 Å². The lowest BCUT2D eigenvalue weighted by Gasteiger charge is -2.33. The molecule has 0 bridgehead atoms. The SMILES string of the molecule is Cc1c(C(=O)OCCc2ccccc2)sc2nc(Cl)nc(N3CCN(C)CC3)c12. The molecule has 1 aliphatic heterocycles. The number of hydrogen-bond acceptors (Lipinski definition) is 7. The van der Waals surface area contributed by atoms with Crippen LogP contribution in [0.2, 0.25) is 5.28 Å². The topological polar surface area (TPSA) is 58.6 Å². The van der Waals surface area contributed by atoms with E-state index in [4.69, 9.17) is 16.3 Å². The van der Waals surface area contributed by atoms with Crippen LogP contribution in [0.5, 0.6) is 0 Å². The summed E-state index contributed by atoms with van der Waals surface area (Å²) in [6.45, 7) is 5.93. The summed E-state index contributed by atoms with van der Waals surface area (Å²) in [6, 6.07) is 9.99. The van der Waals surface area contributed by atoms with E-state index in [9.17, 15) is 4.79 Å². The summed E-state index contributed by atoms with van der Waals surface area (Å²) in [7, 11) is 2.11. The Morgan fingerprint density at radius 3 is 2.62 bits per heavy atom. The number of thiophene rings is 1. The van der Waals surface area contributed by atoms with Gasteiger partial charge in [0, 0.05) is 32.6 Å². The Balaban J connectivity index is 1.56. The lowest BCUT2D eigenvalue weighted by Crippen LogP contribution is -2.45. The highest BCUT2D eigenvalue weighted by molar-refractivity contribution is 7.20. The first-order chi connectivity index (χ1) is 14.0. The molecule has 1 fully saturated rings. The average molecular weight is 431 g/mol. The fourth-order valence-corrected chi connectivity index (χ4v) is 4.79. The third-order valence-electron chi connectivity index (χ3n) is 5.20. The highest BCUT2D eigenvalue weighted by Crippen LogP contribution is 2.36. The van der Waals surface area contributed by atoms with Crippen molar-refractivity contribution in [1.29, 1.82) is 0 Å². The van der Waals surface area contributed by atoms with E-state index in [1.54, 1.807) is 0 Å². The van der Waals surface area contributed by atoms with Gasteiger partial charge in [0.05, 0.1) is 12.0 Å². The summed E-state index contributed by atoms with van der Waals surface area (Å²) >= 11 is 7.52. The quantitative estimate of drug-likeness (QED) is 0.453. The number of piperazine rings is 1. The molecule has 3 heterocycles. The second-order valence-corrected chi connectivity index (χ2v) is 8.55. The fraction of sp³-hybridized carbons (Fsp3) is 0.381. The van der Waals surface area contributed by atoms with Gasteiger partial charge in [-0.3, -0.25) is 0 Å². The fourth-order valence-electron chi connectivity index (χ4n) is 3.51. The minimum atomic E-state index is -0.318. The summed E-state index contributed by atoms with van der Waals surface area (Å²) < 4.78 is 5.54. The molecule has 0 N–H and O–H groups in total. The van der Waals surface area contributed by atoms with Crippen molar-refractivity contribution in [3.63, 3.8) is 0 Å². The molecule has 0 amide bonds. The molecule has 1 saturated heterocycles. The van der Waals surface area contributed by atoms with Gasteiger partial charge in [-0.2, -0.15) is 4.98 Å². The minimum Gasteiger partial charge on any atom is -0.461 e. The number of carbonyl (C=O) groups is 1. The Morgan fingerprint density at radius 2 is 1.90 bits per heavy atom. The molecule has 1 aliphatic rings. The Labute approximate surface area is 179 Å². The van der Waals surface area contributed by atoms with Crippen molar-refractivity contribution in [3.8, 4) is 0 Å². The van der Waals surface area contributed by atoms with Crippen LogP contribution in [0, 0.1) is 6.92 Å². The molecule has 0 radical (unpaired) electrons. The summed E-state index contributed by atoms with van der Waals surface area (Å²) in [6.07, 6.45) is 0.689. The molecule has 8 heteroatoms. The predicted molar refractivity (Wildman–Crippen MR) is 117 cm³/mol. The normalized spacial score (nSPS) is 15.1. The average Bonchev–Trinajstić information content (AvgIpc) is 3.05. The summed E-state index contributed by atoms with van der Waals surface area (Å²) in [5, 5.41) is 1.11. The van der Waals surface area contributed by atoms with Crippen LogP contribution in [0.3, 0.4) is 0 Å². The first-order valence-electron chi connectivity index (χ1n) is 9.64. The maximum atomic E-state index is 12.7. The third kappa shape index (κ3) is 4.37. The standard InChI is InChI=1S/C21H23ClN4O2S/c1-14-16-18(26-11-9-25(2)10-12-26)23-21(22)24-19(16)29-17(14)20(27)28-13-8-15-6-4-3-5-7-15/h3-7H,8-13H2,1-2H3. The van der Waals surface area contributed by atoms with E-state index in [-0.39, 0.29) is 11.3 Å². The number of esters is 1. The van der Waals surface area contributed by atoms with Gasteiger partial charge in [-0.15, -0.1) is 11.3 Å². The first kappa shape index (κ1) is 20.1. The molecule has 2 aromatic heterocycles. The number of anilines is 1. The molecule has 0 unspecified atom stereocenters. The summed E-state index contributed by atoms with van der Waals surface area (Å²) in [4.78, 5) is 27.4. The highest BCUT2D eigenvalue weighted by Gasteiger charge is 2.25. The van der Waals surface area contributed by atoms with Crippen LogP contribution in [0.1, 0.15) is 20.8 Å². The maximum Gasteiger partial charge on any atom is 0.348 e. The number of halogens is 1. The second-order valence-electron chi connectivity index (χ2n) is 7.21. The van der Waals surface area contributed by atoms with Gasteiger partial charge in [-0.05, 0) is 36.7 Å². The van der Waals surface area contributed by atoms with Crippen LogP contribution >= 0.6 is 22.9 Å². The van der Waals surface area contributed by atoms with Gasteiger partial charge in [0.1, 0.15) is 15.5 Å². The molecule has 1 aromatic carbocycles. The molecule has 0 saturated carbocycles. The van der Waals surface area contributed by atoms with Crippen LogP contribution in [-0.2, 0) is 11.2 Å². The lowest BCUT2D eigenvalue weighted by atomic mass is 10.1. The van der Waals surface area contributed by atoms with Crippen molar-refractivity contribution >= 4 is 44.9 Å². The van der Waals surface area contributed by atoms with E-state index in [0.717, 1.165) is 53.3 Å². The molecular weight excluding hydrogens is 408 g/mol. The van der Waals surface area contributed by atoms with E-state index in [0.29, 0.717) is 17.9 Å². The molecule has 29 heavy (non-hydrogen) atoms. The Hall–Kier alpha value is -2.22. The minimum absolute atomic E-state index is 0.205. The first-order valence-corrected chi connectivity index (χ1v) is 10.8. The number of aromatic nitrogens is 2. The van der Waals surface area contributed by atoms with E-state index >= 15 is 0 Å². The van der Waals surface area contributed by atoms with E-state index in [1.807, 2.05) is 37.3 Å². The van der Waals surface area contributed by atoms with Crippen molar-refractivity contribution in [1.82, 2.24) is 14.9 Å². The number of hydrogen-bond donors (Lipinski definition) is 0. The van der Waals surface area contributed by atoms with Crippen LogP contribution in [-0.4, -0.2) is 60.7 Å². The number of likely N-dealkylation sites (N-methyl/N-ethyl adjacent to an activating group) is 1. The van der Waals surface area contributed by atoms with Gasteiger partial charge in [-0.25, -0.2) is 9.78 Å². The predicted octanol–water partition coefficient (Wildman–Crippen LogP) is 3.80. The van der Waals surface area contributed by atoms with Gasteiger partial charge in [0.2, 0.25) is 5.28 Å². The van der Waals surface area contributed by atoms with Gasteiger partial charge in [0.15, 0.2) is 0 Å². The third-order valence-corrected chi connectivity index (χ3v) is 6.53. The Bertz CT molecular complexity index is 1020. The van der Waals surface area contributed by atoms with E-state index in [1.165, 1.54) is 11.3 Å². The number of aryl methyl sites for hydroxylation is 1. The van der Waals surface area contributed by atoms with Gasteiger partial charge in [-0.1, -0.05) is 30.3 Å². The lowest BCUT2D eigenvalue weighted by molar-refractivity contribution is 0.0514. The zero-order valence-corrected chi connectivity index (χ0v) is 18.1. The monoisotopic (exact) mass is 430 g/mol. The number of rotatable bonds is 5. The smallest absolute Gasteiger partial charge is 0.348 e. The maximum absolute atomic E-state index is 12.7. The number of fused-ring (bicyclic) bond motifs is 1. The van der Waals surface area contributed by atoms with E-state index in [2.05, 4.69) is 26.8 Å². The van der Waals surface area contributed by atoms with Crippen LogP contribution < -0.4 is 4.90 Å². The molecule has 0 atom stereocenters. The van der Waals surface area contributed by atoms with E-state index < -0.39 is 0 Å². The Kier molecular flexibility index (Phi) is 5.99. The van der Waals surface area contributed by atoms with Crippen molar-refractivity contribution < 1.29 is 9.53 Å². The summed E-state index contributed by atoms with van der Waals surface area (Å²) in [5.74, 6) is 0.493. The molecule has 0 spiro atoms. The molecule has 4 rings (SSSR count). The molecule has 0 aliphatic carbocycles. The number of nitrogens with zero attached hydrogens (tertiary/aromatic N) is 4. The molecule has 152 valence electrons. The molecular formula is C21H23ClN4O2S.